The number of ether oxygens (including phenoxy) is 4. The minimum atomic E-state index is -4.96. The maximum Gasteiger partial charge on any atom is 0.472 e. The molecule has 0 bridgehead atoms. The van der Waals surface area contributed by atoms with Gasteiger partial charge in [-0.15, -0.1) is 0 Å². The zero-order valence-corrected chi connectivity index (χ0v) is 63.2. The van der Waals surface area contributed by atoms with E-state index in [-0.39, 0.29) is 25.7 Å². The molecule has 0 amide bonds. The summed E-state index contributed by atoms with van der Waals surface area (Å²) in [6, 6.07) is 0. The summed E-state index contributed by atoms with van der Waals surface area (Å²) in [5.74, 6) is -0.730. The predicted molar refractivity (Wildman–Crippen MR) is 386 cm³/mol. The number of aliphatic hydroxyl groups excluding tert-OH is 1. The van der Waals surface area contributed by atoms with Crippen LogP contribution in [-0.4, -0.2) is 96.7 Å². The standard InChI is InChI=1S/C76H144O17P2/c1-7-9-11-13-15-17-19-21-23-24-25-26-28-30-32-34-41-48-54-60-75(80)92-71(64-86-73(78)58-52-46-40-33-31-29-27-22-20-18-16-14-12-10-8-2)66-90-94(82,83)88-62-70(77)63-89-95(84,85)91-67-72(65-87-74(79)59-53-47-43-37-39-45-51-57-69(5)6)93-76(81)61-55-49-42-36-35-38-44-50-56-68(3)4/h18,20,22,27,68-72,77H,7-17,19,21,23-26,28-67H2,1-6H3,(H,82,83)(H,84,85)/b20-18-,27-22-/t70-,71-,72-/m1/s1. The van der Waals surface area contributed by atoms with Gasteiger partial charge in [-0.05, 0) is 63.2 Å². The van der Waals surface area contributed by atoms with Gasteiger partial charge in [0, 0.05) is 25.7 Å². The predicted octanol–water partition coefficient (Wildman–Crippen LogP) is 21.9. The lowest BCUT2D eigenvalue weighted by Crippen LogP contribution is -2.30. The van der Waals surface area contributed by atoms with Crippen LogP contribution >= 0.6 is 15.6 Å². The molecule has 95 heavy (non-hydrogen) atoms. The van der Waals surface area contributed by atoms with Gasteiger partial charge in [-0.25, -0.2) is 9.13 Å². The molecule has 0 saturated heterocycles. The first kappa shape index (κ1) is 92.5. The Kier molecular flexibility index (Phi) is 65.6. The number of aliphatic hydroxyl groups is 1. The van der Waals surface area contributed by atoms with Gasteiger partial charge in [0.1, 0.15) is 19.3 Å². The summed E-state index contributed by atoms with van der Waals surface area (Å²) in [5.41, 5.74) is 0. The number of carbonyl (C=O) groups excluding carboxylic acids is 4. The molecule has 5 atom stereocenters. The third-order valence-electron chi connectivity index (χ3n) is 17.1. The lowest BCUT2D eigenvalue weighted by Gasteiger charge is -2.21. The highest BCUT2D eigenvalue weighted by atomic mass is 31.2. The van der Waals surface area contributed by atoms with E-state index in [4.69, 9.17) is 37.0 Å². The fourth-order valence-electron chi connectivity index (χ4n) is 11.1. The van der Waals surface area contributed by atoms with E-state index in [1.54, 1.807) is 0 Å². The molecule has 0 fully saturated rings. The van der Waals surface area contributed by atoms with Crippen LogP contribution in [0.1, 0.15) is 369 Å². The molecule has 0 aromatic carbocycles. The highest BCUT2D eigenvalue weighted by molar-refractivity contribution is 7.47. The monoisotopic (exact) mass is 1390 g/mol. The lowest BCUT2D eigenvalue weighted by atomic mass is 10.0. The molecule has 0 aliphatic rings. The van der Waals surface area contributed by atoms with Gasteiger partial charge in [-0.3, -0.25) is 37.3 Å². The number of phosphoric ester groups is 2. The van der Waals surface area contributed by atoms with Crippen molar-refractivity contribution in [3.05, 3.63) is 24.3 Å². The molecular weight excluding hydrogens is 1250 g/mol. The summed E-state index contributed by atoms with van der Waals surface area (Å²) < 4.78 is 68.4. The van der Waals surface area contributed by atoms with Crippen LogP contribution in [0.25, 0.3) is 0 Å². The Bertz CT molecular complexity index is 1930. The number of allylic oxidation sites excluding steroid dienone is 4. The number of phosphoric acid groups is 2. The molecule has 0 aromatic heterocycles. The first-order valence-corrected chi connectivity index (χ1v) is 41.8. The van der Waals surface area contributed by atoms with Crippen molar-refractivity contribution in [1.29, 1.82) is 0 Å². The van der Waals surface area contributed by atoms with E-state index in [1.165, 1.54) is 161 Å². The highest BCUT2D eigenvalue weighted by Crippen LogP contribution is 2.45. The van der Waals surface area contributed by atoms with Gasteiger partial charge in [0.2, 0.25) is 0 Å². The second-order valence-corrected chi connectivity index (χ2v) is 30.6. The second-order valence-electron chi connectivity index (χ2n) is 27.7. The second kappa shape index (κ2) is 67.4. The number of hydrogen-bond acceptors (Lipinski definition) is 15. The average Bonchev–Trinajstić information content (AvgIpc) is 1.42. The summed E-state index contributed by atoms with van der Waals surface area (Å²) in [6.07, 6.45) is 57.9. The summed E-state index contributed by atoms with van der Waals surface area (Å²) >= 11 is 0. The molecule has 560 valence electrons. The molecule has 0 aromatic rings. The summed E-state index contributed by atoms with van der Waals surface area (Å²) in [6.45, 7) is 9.42. The molecule has 0 aliphatic heterocycles. The molecular formula is C76H144O17P2. The number of hydrogen-bond donors (Lipinski definition) is 3. The summed E-state index contributed by atoms with van der Waals surface area (Å²) in [4.78, 5) is 72.7. The van der Waals surface area contributed by atoms with E-state index in [0.717, 1.165) is 116 Å². The van der Waals surface area contributed by atoms with E-state index in [9.17, 15) is 43.2 Å². The van der Waals surface area contributed by atoms with E-state index >= 15 is 0 Å². The zero-order chi connectivity index (χ0) is 70.0. The minimum absolute atomic E-state index is 0.101. The number of esters is 4. The average molecular weight is 1390 g/mol. The van der Waals surface area contributed by atoms with Gasteiger partial charge in [-0.2, -0.15) is 0 Å². The van der Waals surface area contributed by atoms with E-state index < -0.39 is 97.5 Å². The zero-order valence-electron chi connectivity index (χ0n) is 61.5. The first-order chi connectivity index (χ1) is 45.9. The van der Waals surface area contributed by atoms with Crippen molar-refractivity contribution in [3.8, 4) is 0 Å². The Labute approximate surface area is 580 Å². The normalized spacial score (nSPS) is 14.2. The fourth-order valence-corrected chi connectivity index (χ4v) is 12.7. The molecule has 0 aliphatic carbocycles. The highest BCUT2D eigenvalue weighted by Gasteiger charge is 2.30. The Morgan fingerprint density at radius 2 is 0.568 bits per heavy atom. The smallest absolute Gasteiger partial charge is 0.462 e. The Morgan fingerprint density at radius 3 is 0.863 bits per heavy atom. The van der Waals surface area contributed by atoms with E-state index in [0.29, 0.717) is 37.5 Å². The largest absolute Gasteiger partial charge is 0.472 e. The summed E-state index contributed by atoms with van der Waals surface area (Å²) in [7, 11) is -9.92. The lowest BCUT2D eigenvalue weighted by molar-refractivity contribution is -0.161. The van der Waals surface area contributed by atoms with Crippen molar-refractivity contribution in [1.82, 2.24) is 0 Å². The molecule has 17 nitrogen and oxygen atoms in total. The number of carbonyl (C=O) groups is 4. The molecule has 0 radical (unpaired) electrons. The molecule has 19 heteroatoms. The Balaban J connectivity index is 5.26. The fraction of sp³-hybridized carbons (Fsp3) is 0.895. The van der Waals surface area contributed by atoms with E-state index in [2.05, 4.69) is 65.8 Å². The third-order valence-corrected chi connectivity index (χ3v) is 19.0. The van der Waals surface area contributed by atoms with Crippen LogP contribution < -0.4 is 0 Å². The molecule has 0 rings (SSSR count). The van der Waals surface area contributed by atoms with Crippen LogP contribution in [0.4, 0.5) is 0 Å². The van der Waals surface area contributed by atoms with Gasteiger partial charge in [0.15, 0.2) is 12.2 Å². The number of unbranched alkanes of at least 4 members (excludes halogenated alkanes) is 40. The molecule has 3 N–H and O–H groups in total. The quantitative estimate of drug-likeness (QED) is 0.0169. The third kappa shape index (κ3) is 69.8. The molecule has 0 spiro atoms. The molecule has 0 heterocycles. The van der Waals surface area contributed by atoms with Crippen molar-refractivity contribution in [3.63, 3.8) is 0 Å². The van der Waals surface area contributed by atoms with Gasteiger partial charge < -0.3 is 33.8 Å². The van der Waals surface area contributed by atoms with Crippen LogP contribution in [0.2, 0.25) is 0 Å². The van der Waals surface area contributed by atoms with E-state index in [1.807, 2.05) is 0 Å². The number of rotatable bonds is 73. The van der Waals surface area contributed by atoms with Crippen molar-refractivity contribution >= 4 is 39.5 Å². The Hall–Kier alpha value is -2.46. The summed E-state index contributed by atoms with van der Waals surface area (Å²) in [5, 5.41) is 10.6. The first-order valence-electron chi connectivity index (χ1n) is 38.8. The van der Waals surface area contributed by atoms with Crippen molar-refractivity contribution in [2.24, 2.45) is 11.8 Å². The SMILES string of the molecule is CCCCCC/C=C\C=C/CCCCCCCC(=O)OC[C@H](COP(=O)(O)OC[C@@H](O)COP(=O)(O)OC[C@@H](COC(=O)CCCCCCCCCC(C)C)OC(=O)CCCCCCCCCCC(C)C)OC(=O)CCCCCCCCCCCCCCCCCCCCC. The van der Waals surface area contributed by atoms with Crippen molar-refractivity contribution in [2.75, 3.05) is 39.6 Å². The van der Waals surface area contributed by atoms with Crippen molar-refractivity contribution < 1.29 is 80.2 Å². The maximum atomic E-state index is 13.1. The Morgan fingerprint density at radius 1 is 0.326 bits per heavy atom. The molecule has 0 saturated carbocycles. The topological polar surface area (TPSA) is 237 Å². The van der Waals surface area contributed by atoms with Gasteiger partial charge in [0.25, 0.3) is 0 Å². The molecule has 2 unspecified atom stereocenters. The van der Waals surface area contributed by atoms with Crippen molar-refractivity contribution in [2.45, 2.75) is 387 Å². The van der Waals surface area contributed by atoms with Crippen LogP contribution in [-0.2, 0) is 65.4 Å². The van der Waals surface area contributed by atoms with Gasteiger partial charge in [0.05, 0.1) is 26.4 Å². The van der Waals surface area contributed by atoms with Crippen LogP contribution in [0.5, 0.6) is 0 Å². The van der Waals surface area contributed by atoms with Crippen LogP contribution in [0.15, 0.2) is 24.3 Å². The van der Waals surface area contributed by atoms with Crippen LogP contribution in [0.3, 0.4) is 0 Å². The van der Waals surface area contributed by atoms with Crippen LogP contribution in [0, 0.1) is 11.8 Å². The van der Waals surface area contributed by atoms with Gasteiger partial charge >= 0.3 is 39.5 Å². The minimum Gasteiger partial charge on any atom is -0.462 e. The maximum absolute atomic E-state index is 13.1. The van der Waals surface area contributed by atoms with Gasteiger partial charge in [-0.1, -0.05) is 316 Å².